The zero-order valence-corrected chi connectivity index (χ0v) is 20.1. The van der Waals surface area contributed by atoms with Crippen LogP contribution in [0, 0.1) is 6.92 Å². The zero-order chi connectivity index (χ0) is 26.5. The van der Waals surface area contributed by atoms with Crippen molar-refractivity contribution in [3.8, 4) is 5.69 Å². The number of hydrogen-bond acceptors (Lipinski definition) is 6. The van der Waals surface area contributed by atoms with E-state index >= 15 is 0 Å². The van der Waals surface area contributed by atoms with Gasteiger partial charge >= 0.3 is 5.97 Å². The molecule has 1 aliphatic rings. The van der Waals surface area contributed by atoms with Crippen molar-refractivity contribution in [2.45, 2.75) is 20.5 Å². The van der Waals surface area contributed by atoms with Gasteiger partial charge in [-0.05, 0) is 68.0 Å². The molecule has 3 N–H and O–H groups in total. The Hall–Kier alpha value is -4.80. The van der Waals surface area contributed by atoms with E-state index in [4.69, 9.17) is 10.4 Å². The molecule has 0 fully saturated rings. The first-order valence-corrected chi connectivity index (χ1v) is 11.3. The van der Waals surface area contributed by atoms with Crippen LogP contribution in [0.2, 0.25) is 0 Å². The monoisotopic (exact) mass is 500 g/mol. The fourth-order valence-electron chi connectivity index (χ4n) is 3.75. The third-order valence-electron chi connectivity index (χ3n) is 5.71. The van der Waals surface area contributed by atoms with Gasteiger partial charge in [0.15, 0.2) is 0 Å². The van der Waals surface area contributed by atoms with Crippen molar-refractivity contribution in [3.63, 3.8) is 0 Å². The Labute approximate surface area is 211 Å². The van der Waals surface area contributed by atoms with Crippen LogP contribution in [0.3, 0.4) is 0 Å². The first kappa shape index (κ1) is 25.3. The van der Waals surface area contributed by atoms with E-state index in [2.05, 4.69) is 15.1 Å². The molecular formula is C27H24N4O6. The lowest BCUT2D eigenvalue weighted by Crippen LogP contribution is -2.21. The van der Waals surface area contributed by atoms with Gasteiger partial charge < -0.3 is 5.11 Å². The standard InChI is InChI=1S/C27H24N4O6/c1-17-23(25(32)30(28-17)21-12-8-19(9-13-21)16-37-36)6-4-3-5-7-24-18(2)29-31(26(24)33)22-14-10-20(11-15-22)27(34)35/h3-15,28,36H,16H2,1-2H3,(H,34,35)/b5-3+,6-4+,24-7+. The van der Waals surface area contributed by atoms with Gasteiger partial charge in [0.05, 0.1) is 33.8 Å². The van der Waals surface area contributed by atoms with Gasteiger partial charge in [0.1, 0.15) is 6.61 Å². The molecule has 4 rings (SSSR count). The number of carbonyl (C=O) groups excluding carboxylic acids is 1. The van der Waals surface area contributed by atoms with Gasteiger partial charge in [-0.15, -0.1) is 0 Å². The molecule has 0 saturated carbocycles. The summed E-state index contributed by atoms with van der Waals surface area (Å²) in [7, 11) is 0. The molecule has 0 spiro atoms. The van der Waals surface area contributed by atoms with E-state index in [1.807, 2.05) is 0 Å². The molecule has 0 saturated heterocycles. The van der Waals surface area contributed by atoms with Crippen molar-refractivity contribution in [3.05, 3.63) is 111 Å². The fourth-order valence-corrected chi connectivity index (χ4v) is 3.75. The van der Waals surface area contributed by atoms with Crippen LogP contribution in [0.5, 0.6) is 0 Å². The number of anilines is 1. The third kappa shape index (κ3) is 5.40. The number of benzene rings is 2. The van der Waals surface area contributed by atoms with Crippen molar-refractivity contribution in [2.75, 3.05) is 5.01 Å². The van der Waals surface area contributed by atoms with Crippen molar-refractivity contribution in [1.29, 1.82) is 0 Å². The predicted molar refractivity (Wildman–Crippen MR) is 139 cm³/mol. The maximum absolute atomic E-state index is 12.9. The Balaban J connectivity index is 1.46. The molecule has 188 valence electrons. The van der Waals surface area contributed by atoms with E-state index in [0.717, 1.165) is 5.56 Å². The van der Waals surface area contributed by atoms with Crippen molar-refractivity contribution in [2.24, 2.45) is 5.10 Å². The molecule has 0 aliphatic carbocycles. The molecule has 37 heavy (non-hydrogen) atoms. The number of amides is 1. The highest BCUT2D eigenvalue weighted by molar-refractivity contribution is 6.29. The Morgan fingerprint density at radius 3 is 2.32 bits per heavy atom. The third-order valence-corrected chi connectivity index (χ3v) is 5.71. The number of hydrogen-bond donors (Lipinski definition) is 3. The van der Waals surface area contributed by atoms with Crippen LogP contribution >= 0.6 is 0 Å². The number of carbonyl (C=O) groups is 2. The van der Waals surface area contributed by atoms with Gasteiger partial charge in [0.2, 0.25) is 0 Å². The van der Waals surface area contributed by atoms with Gasteiger partial charge in [0, 0.05) is 5.69 Å². The Morgan fingerprint density at radius 2 is 1.68 bits per heavy atom. The quantitative estimate of drug-likeness (QED) is 0.184. The van der Waals surface area contributed by atoms with Gasteiger partial charge in [-0.25, -0.2) is 14.4 Å². The number of aromatic carboxylic acids is 1. The molecule has 1 amide bonds. The van der Waals surface area contributed by atoms with Crippen LogP contribution in [0.4, 0.5) is 5.69 Å². The molecule has 0 bridgehead atoms. The number of rotatable bonds is 8. The number of hydrazone groups is 1. The summed E-state index contributed by atoms with van der Waals surface area (Å²) < 4.78 is 1.43. The average Bonchev–Trinajstić information content (AvgIpc) is 3.33. The van der Waals surface area contributed by atoms with Crippen LogP contribution in [0.1, 0.15) is 34.1 Å². The summed E-state index contributed by atoms with van der Waals surface area (Å²) in [6, 6.07) is 12.9. The van der Waals surface area contributed by atoms with Crippen LogP contribution in [-0.2, 0) is 16.3 Å². The summed E-state index contributed by atoms with van der Waals surface area (Å²) in [4.78, 5) is 40.8. The number of aromatic amines is 1. The Bertz CT molecular complexity index is 1510. The predicted octanol–water partition coefficient (Wildman–Crippen LogP) is 4.08. The lowest BCUT2D eigenvalue weighted by atomic mass is 10.1. The first-order valence-electron chi connectivity index (χ1n) is 11.3. The zero-order valence-electron chi connectivity index (χ0n) is 20.1. The van der Waals surface area contributed by atoms with Gasteiger partial charge in [-0.1, -0.05) is 30.4 Å². The highest BCUT2D eigenvalue weighted by atomic mass is 17.1. The van der Waals surface area contributed by atoms with E-state index in [0.29, 0.717) is 33.9 Å². The second kappa shape index (κ2) is 10.9. The Morgan fingerprint density at radius 1 is 1.00 bits per heavy atom. The first-order chi connectivity index (χ1) is 17.8. The minimum absolute atomic E-state index is 0.0598. The van der Waals surface area contributed by atoms with Crippen LogP contribution in [-0.4, -0.2) is 37.7 Å². The number of aryl methyl sites for hydroxylation is 1. The SMILES string of the molecule is CC1=NN(c2ccc(C(=O)O)cc2)C(=O)/C1=C/C=C/C=C/c1c(C)[nH]n(-c2ccc(COO)cc2)c1=O. The largest absolute Gasteiger partial charge is 0.478 e. The molecule has 1 aromatic heterocycles. The van der Waals surface area contributed by atoms with Crippen LogP contribution in [0.25, 0.3) is 11.8 Å². The number of nitrogens with zero attached hydrogens (tertiary/aromatic N) is 3. The number of H-pyrrole nitrogens is 1. The van der Waals surface area contributed by atoms with Crippen molar-refractivity contribution < 1.29 is 24.8 Å². The molecule has 2 aromatic carbocycles. The average molecular weight is 501 g/mol. The number of carboxylic acid groups (broad SMARTS) is 1. The smallest absolute Gasteiger partial charge is 0.335 e. The van der Waals surface area contributed by atoms with Gasteiger partial charge in [-0.2, -0.15) is 10.1 Å². The van der Waals surface area contributed by atoms with Gasteiger partial charge in [0.25, 0.3) is 11.5 Å². The summed E-state index contributed by atoms with van der Waals surface area (Å²) >= 11 is 0. The number of allylic oxidation sites excluding steroid dienone is 4. The summed E-state index contributed by atoms with van der Waals surface area (Å²) in [5, 5.41) is 26.2. The van der Waals surface area contributed by atoms with Crippen molar-refractivity contribution in [1.82, 2.24) is 9.78 Å². The topological polar surface area (TPSA) is 137 Å². The normalized spacial score (nSPS) is 14.9. The summed E-state index contributed by atoms with van der Waals surface area (Å²) in [5.41, 5.74) is 3.90. The maximum Gasteiger partial charge on any atom is 0.335 e. The molecular weight excluding hydrogens is 476 g/mol. The molecule has 2 heterocycles. The molecule has 1 aliphatic heterocycles. The van der Waals surface area contributed by atoms with Crippen molar-refractivity contribution >= 4 is 29.4 Å². The Kier molecular flexibility index (Phi) is 7.42. The summed E-state index contributed by atoms with van der Waals surface area (Å²) in [5.74, 6) is -1.37. The van der Waals surface area contributed by atoms with E-state index < -0.39 is 5.97 Å². The molecule has 3 aromatic rings. The van der Waals surface area contributed by atoms with Gasteiger partial charge in [-0.3, -0.25) is 19.9 Å². The molecule has 0 radical (unpaired) electrons. The minimum atomic E-state index is -1.05. The lowest BCUT2D eigenvalue weighted by molar-refractivity contribution is -0.253. The highest BCUT2D eigenvalue weighted by Crippen LogP contribution is 2.24. The highest BCUT2D eigenvalue weighted by Gasteiger charge is 2.28. The molecule has 10 heteroatoms. The molecule has 10 nitrogen and oxygen atoms in total. The molecule has 0 unspecified atom stereocenters. The molecule has 0 atom stereocenters. The van der Waals surface area contributed by atoms with Crippen LogP contribution < -0.4 is 10.6 Å². The fraction of sp³-hybridized carbons (Fsp3) is 0.111. The lowest BCUT2D eigenvalue weighted by Gasteiger charge is -2.11. The number of carboxylic acids is 1. The summed E-state index contributed by atoms with van der Waals surface area (Å²) in [6.07, 6.45) is 8.41. The van der Waals surface area contributed by atoms with E-state index in [1.165, 1.54) is 34.0 Å². The second-order valence-corrected chi connectivity index (χ2v) is 8.21. The van der Waals surface area contributed by atoms with Crippen LogP contribution in [0.15, 0.2) is 88.3 Å². The maximum atomic E-state index is 12.9. The van der Waals surface area contributed by atoms with E-state index in [1.54, 1.807) is 68.5 Å². The minimum Gasteiger partial charge on any atom is -0.478 e. The summed E-state index contributed by atoms with van der Waals surface area (Å²) in [6.45, 7) is 3.57. The number of aromatic nitrogens is 2. The van der Waals surface area contributed by atoms with E-state index in [-0.39, 0.29) is 23.6 Å². The van der Waals surface area contributed by atoms with E-state index in [9.17, 15) is 14.4 Å². The number of nitrogens with one attached hydrogen (secondary N) is 1. The second-order valence-electron chi connectivity index (χ2n) is 8.21.